The quantitative estimate of drug-likeness (QED) is 0.604. The summed E-state index contributed by atoms with van der Waals surface area (Å²) >= 11 is 0. The first-order chi connectivity index (χ1) is 12.1. The molecule has 0 bridgehead atoms. The summed E-state index contributed by atoms with van der Waals surface area (Å²) in [7, 11) is 0. The molecule has 0 saturated carbocycles. The van der Waals surface area contributed by atoms with Crippen LogP contribution in [0.1, 0.15) is 18.1 Å². The molecule has 0 fully saturated rings. The van der Waals surface area contributed by atoms with E-state index in [4.69, 9.17) is 0 Å². The van der Waals surface area contributed by atoms with Crippen molar-refractivity contribution in [3.05, 3.63) is 93.4 Å². The molecule has 0 aliphatic rings. The third kappa shape index (κ3) is 2.17. The Hall–Kier alpha value is -3.33. The minimum Gasteiger partial charge on any atom is -0.350 e. The molecule has 0 saturated heterocycles. The molecule has 4 aromatic rings. The maximum absolute atomic E-state index is 13.3. The summed E-state index contributed by atoms with van der Waals surface area (Å²) in [5, 5.41) is 2.26. The molecular formula is C22H18N2O. The molecule has 0 aliphatic carbocycles. The first-order valence-corrected chi connectivity index (χ1v) is 8.16. The van der Waals surface area contributed by atoms with Crippen molar-refractivity contribution in [2.45, 2.75) is 6.92 Å². The molecule has 0 atom stereocenters. The van der Waals surface area contributed by atoms with Gasteiger partial charge in [0.1, 0.15) is 5.35 Å². The van der Waals surface area contributed by atoms with Crippen molar-refractivity contribution >= 4 is 34.6 Å². The van der Waals surface area contributed by atoms with Crippen molar-refractivity contribution in [1.29, 1.82) is 0 Å². The van der Waals surface area contributed by atoms with Gasteiger partial charge in [0.15, 0.2) is 0 Å². The summed E-state index contributed by atoms with van der Waals surface area (Å²) in [5.74, 6) is 0. The minimum absolute atomic E-state index is 0.0759. The molecule has 0 radical (unpaired) electrons. The van der Waals surface area contributed by atoms with Gasteiger partial charge in [0.05, 0.1) is 16.4 Å². The Kier molecular flexibility index (Phi) is 3.43. The zero-order chi connectivity index (χ0) is 17.6. The van der Waals surface area contributed by atoms with E-state index in [1.807, 2.05) is 61.5 Å². The number of rotatable bonds is 2. The van der Waals surface area contributed by atoms with Crippen LogP contribution >= 0.6 is 0 Å². The number of H-pyrrole nitrogens is 1. The van der Waals surface area contributed by atoms with E-state index in [0.717, 1.165) is 33.1 Å². The van der Waals surface area contributed by atoms with Crippen molar-refractivity contribution in [1.82, 2.24) is 9.38 Å². The maximum atomic E-state index is 13.3. The number of fused-ring (bicyclic) bond motifs is 3. The predicted octanol–water partition coefficient (Wildman–Crippen LogP) is 3.05. The van der Waals surface area contributed by atoms with E-state index in [1.165, 1.54) is 0 Å². The number of nitrogens with one attached hydrogen (secondary N) is 1. The predicted molar refractivity (Wildman–Crippen MR) is 105 cm³/mol. The number of nitrogens with zero attached hydrogens (tertiary/aromatic N) is 1. The van der Waals surface area contributed by atoms with Crippen LogP contribution in [0, 0.1) is 0 Å². The molecule has 1 N–H and O–H groups in total. The van der Waals surface area contributed by atoms with Crippen LogP contribution in [0.4, 0.5) is 0 Å². The molecule has 4 rings (SSSR count). The van der Waals surface area contributed by atoms with Crippen LogP contribution in [0.15, 0.2) is 66.0 Å². The summed E-state index contributed by atoms with van der Waals surface area (Å²) in [4.78, 5) is 16.5. The molecule has 25 heavy (non-hydrogen) atoms. The number of hydrogen-bond donors (Lipinski definition) is 1. The van der Waals surface area contributed by atoms with Gasteiger partial charge >= 0.3 is 0 Å². The first kappa shape index (κ1) is 15.2. The lowest BCUT2D eigenvalue weighted by Crippen LogP contribution is -2.40. The molecule has 3 heteroatoms. The van der Waals surface area contributed by atoms with Crippen molar-refractivity contribution in [3.63, 3.8) is 0 Å². The SMILES string of the molecule is C=Cc1c2ccccc2n2c(=O)/c(=C(/C)c3ccccc3)[nH]c(=C)c12. The highest BCUT2D eigenvalue weighted by molar-refractivity contribution is 5.98. The van der Waals surface area contributed by atoms with Gasteiger partial charge in [-0.05, 0) is 24.1 Å². The lowest BCUT2D eigenvalue weighted by atomic mass is 10.1. The smallest absolute Gasteiger partial charge is 0.279 e. The molecule has 2 heterocycles. The molecule has 0 aliphatic heterocycles. The van der Waals surface area contributed by atoms with Crippen LogP contribution in [-0.2, 0) is 0 Å². The van der Waals surface area contributed by atoms with Gasteiger partial charge in [-0.1, -0.05) is 67.8 Å². The monoisotopic (exact) mass is 326 g/mol. The fraction of sp³-hybridized carbons (Fsp3) is 0.0455. The van der Waals surface area contributed by atoms with Gasteiger partial charge in [0, 0.05) is 10.9 Å². The third-order valence-corrected chi connectivity index (χ3v) is 4.68. The lowest BCUT2D eigenvalue weighted by Gasteiger charge is -2.04. The van der Waals surface area contributed by atoms with Crippen LogP contribution in [0.25, 0.3) is 34.6 Å². The summed E-state index contributed by atoms with van der Waals surface area (Å²) < 4.78 is 1.74. The largest absolute Gasteiger partial charge is 0.350 e. The molecule has 0 unspecified atom stereocenters. The normalized spacial score (nSPS) is 12.5. The highest BCUT2D eigenvalue weighted by atomic mass is 16.1. The van der Waals surface area contributed by atoms with Gasteiger partial charge in [0.2, 0.25) is 0 Å². The Bertz CT molecular complexity index is 1290. The Morgan fingerprint density at radius 2 is 1.76 bits per heavy atom. The average molecular weight is 326 g/mol. The summed E-state index contributed by atoms with van der Waals surface area (Å²) in [6, 6.07) is 17.8. The van der Waals surface area contributed by atoms with Crippen LogP contribution in [0.5, 0.6) is 0 Å². The van der Waals surface area contributed by atoms with Crippen LogP contribution in [0.2, 0.25) is 0 Å². The fourth-order valence-electron chi connectivity index (χ4n) is 3.44. The van der Waals surface area contributed by atoms with Gasteiger partial charge < -0.3 is 4.98 Å². The maximum Gasteiger partial charge on any atom is 0.279 e. The molecule has 2 aromatic heterocycles. The minimum atomic E-state index is -0.0759. The van der Waals surface area contributed by atoms with Crippen LogP contribution in [0.3, 0.4) is 0 Å². The Morgan fingerprint density at radius 3 is 2.48 bits per heavy atom. The summed E-state index contributed by atoms with van der Waals surface area (Å²) in [6.45, 7) is 10.0. The van der Waals surface area contributed by atoms with Gasteiger partial charge in [-0.2, -0.15) is 0 Å². The molecule has 0 spiro atoms. The van der Waals surface area contributed by atoms with Crippen molar-refractivity contribution < 1.29 is 0 Å². The van der Waals surface area contributed by atoms with E-state index in [1.54, 1.807) is 10.5 Å². The van der Waals surface area contributed by atoms with Crippen LogP contribution < -0.4 is 16.3 Å². The van der Waals surface area contributed by atoms with E-state index in [-0.39, 0.29) is 5.56 Å². The van der Waals surface area contributed by atoms with Gasteiger partial charge in [-0.25, -0.2) is 0 Å². The second-order valence-corrected chi connectivity index (χ2v) is 6.09. The Balaban J connectivity index is 2.28. The fourth-order valence-corrected chi connectivity index (χ4v) is 3.44. The number of benzene rings is 2. The first-order valence-electron chi connectivity index (χ1n) is 8.16. The zero-order valence-corrected chi connectivity index (χ0v) is 14.0. The van der Waals surface area contributed by atoms with E-state index in [0.29, 0.717) is 10.7 Å². The van der Waals surface area contributed by atoms with E-state index < -0.39 is 0 Å². The summed E-state index contributed by atoms with van der Waals surface area (Å²) in [6.07, 6.45) is 1.78. The van der Waals surface area contributed by atoms with Crippen molar-refractivity contribution in [3.8, 4) is 0 Å². The summed E-state index contributed by atoms with van der Waals surface area (Å²) in [5.41, 5.74) is 4.42. The van der Waals surface area contributed by atoms with E-state index in [2.05, 4.69) is 18.1 Å². The molecule has 3 nitrogen and oxygen atoms in total. The molecule has 122 valence electrons. The number of hydrogen-bond acceptors (Lipinski definition) is 1. The van der Waals surface area contributed by atoms with E-state index in [9.17, 15) is 4.79 Å². The standard InChI is InChI=1S/C22H18N2O/c1-4-17-18-12-8-9-13-19(18)24-21(17)15(3)23-20(22(24)25)14(2)16-10-6-5-7-11-16/h4-13,23H,1,3H2,2H3/b20-14+. The van der Waals surface area contributed by atoms with Gasteiger partial charge in [-0.3, -0.25) is 9.20 Å². The molecular weight excluding hydrogens is 308 g/mol. The molecule has 0 amide bonds. The Labute approximate surface area is 144 Å². The zero-order valence-electron chi connectivity index (χ0n) is 14.0. The van der Waals surface area contributed by atoms with Crippen LogP contribution in [-0.4, -0.2) is 9.38 Å². The topological polar surface area (TPSA) is 37.3 Å². The lowest BCUT2D eigenvalue weighted by molar-refractivity contribution is 1.03. The number of para-hydroxylation sites is 1. The average Bonchev–Trinajstić information content (AvgIpc) is 3.00. The van der Waals surface area contributed by atoms with Gasteiger partial charge in [-0.15, -0.1) is 0 Å². The number of aromatic nitrogens is 2. The highest BCUT2D eigenvalue weighted by Gasteiger charge is 2.13. The van der Waals surface area contributed by atoms with Gasteiger partial charge in [0.25, 0.3) is 5.56 Å². The number of aromatic amines is 1. The second kappa shape index (κ2) is 5.64. The highest BCUT2D eigenvalue weighted by Crippen LogP contribution is 2.23. The van der Waals surface area contributed by atoms with E-state index >= 15 is 0 Å². The second-order valence-electron chi connectivity index (χ2n) is 6.09. The Morgan fingerprint density at radius 1 is 1.08 bits per heavy atom. The third-order valence-electron chi connectivity index (χ3n) is 4.68. The molecule has 2 aromatic carbocycles. The van der Waals surface area contributed by atoms with Crippen molar-refractivity contribution in [2.24, 2.45) is 0 Å². The van der Waals surface area contributed by atoms with Crippen molar-refractivity contribution in [2.75, 3.05) is 0 Å².